The third kappa shape index (κ3) is 3.52. The van der Waals surface area contributed by atoms with Gasteiger partial charge in [-0.2, -0.15) is 0 Å². The number of carbonyl (C=O) groups excluding carboxylic acids is 2. The van der Waals surface area contributed by atoms with E-state index in [9.17, 15) is 9.59 Å². The van der Waals surface area contributed by atoms with E-state index in [0.717, 1.165) is 18.7 Å². The molecule has 1 aliphatic heterocycles. The second-order valence-electron chi connectivity index (χ2n) is 6.86. The van der Waals surface area contributed by atoms with E-state index in [2.05, 4.69) is 10.3 Å². The fourth-order valence-electron chi connectivity index (χ4n) is 3.76. The number of likely N-dealkylation sites (tertiary alicyclic amines) is 1. The predicted molar refractivity (Wildman–Crippen MR) is 91.1 cm³/mol. The Balaban J connectivity index is 1.76. The van der Waals surface area contributed by atoms with Gasteiger partial charge in [0, 0.05) is 39.0 Å². The average Bonchev–Trinajstić information content (AvgIpc) is 2.98. The lowest BCUT2D eigenvalue weighted by Gasteiger charge is -2.38. The molecule has 0 spiro atoms. The van der Waals surface area contributed by atoms with Crippen molar-refractivity contribution < 1.29 is 9.59 Å². The minimum atomic E-state index is -0.222. The molecule has 2 fully saturated rings. The van der Waals surface area contributed by atoms with E-state index >= 15 is 0 Å². The molecular weight excluding hydrogens is 304 g/mol. The van der Waals surface area contributed by atoms with Crippen LogP contribution in [0.3, 0.4) is 0 Å². The van der Waals surface area contributed by atoms with Gasteiger partial charge in [0.2, 0.25) is 11.8 Å². The monoisotopic (exact) mass is 330 g/mol. The van der Waals surface area contributed by atoms with Crippen LogP contribution in [0.2, 0.25) is 0 Å². The number of hydrogen-bond donors (Lipinski definition) is 1. The molecule has 0 aromatic carbocycles. The molecule has 24 heavy (non-hydrogen) atoms. The van der Waals surface area contributed by atoms with Gasteiger partial charge in [-0.15, -0.1) is 0 Å². The van der Waals surface area contributed by atoms with Gasteiger partial charge in [-0.25, -0.2) is 4.98 Å². The second-order valence-corrected chi connectivity index (χ2v) is 6.86. The largest absolute Gasteiger partial charge is 0.347 e. The van der Waals surface area contributed by atoms with Crippen LogP contribution in [0.4, 0.5) is 0 Å². The summed E-state index contributed by atoms with van der Waals surface area (Å²) in [5.41, 5.74) is 1.24. The second kappa shape index (κ2) is 7.20. The summed E-state index contributed by atoms with van der Waals surface area (Å²) in [4.78, 5) is 30.7. The Hall–Kier alpha value is -2.11. The summed E-state index contributed by atoms with van der Waals surface area (Å²) in [6, 6.07) is -0.332. The predicted octanol–water partition coefficient (Wildman–Crippen LogP) is 2.09. The van der Waals surface area contributed by atoms with Crippen LogP contribution in [0, 0.1) is 0 Å². The van der Waals surface area contributed by atoms with Crippen LogP contribution >= 0.6 is 0 Å². The van der Waals surface area contributed by atoms with Crippen LogP contribution in [0.1, 0.15) is 56.8 Å². The number of hydrogen-bond acceptors (Lipinski definition) is 3. The molecule has 1 saturated carbocycles. The maximum atomic E-state index is 12.4. The summed E-state index contributed by atoms with van der Waals surface area (Å²) in [6.45, 7) is 0. The highest BCUT2D eigenvalue weighted by Gasteiger charge is 2.37. The fraction of sp³-hybridized carbons (Fsp3) is 0.611. The van der Waals surface area contributed by atoms with E-state index in [0.29, 0.717) is 12.8 Å². The molecule has 1 aromatic rings. The van der Waals surface area contributed by atoms with Crippen molar-refractivity contribution in [2.24, 2.45) is 7.05 Å². The molecule has 0 radical (unpaired) electrons. The van der Waals surface area contributed by atoms with Crippen molar-refractivity contribution in [1.29, 1.82) is 0 Å². The summed E-state index contributed by atoms with van der Waals surface area (Å²) in [5, 5.41) is 3.12. The zero-order valence-electron chi connectivity index (χ0n) is 14.5. The number of aromatic nitrogens is 2. The van der Waals surface area contributed by atoms with Gasteiger partial charge in [0.05, 0.1) is 6.04 Å². The highest BCUT2D eigenvalue weighted by atomic mass is 16.2. The number of imidazole rings is 1. The Kier molecular flexibility index (Phi) is 5.02. The van der Waals surface area contributed by atoms with Crippen LogP contribution < -0.4 is 5.32 Å². The van der Waals surface area contributed by atoms with Crippen LogP contribution in [0.15, 0.2) is 24.0 Å². The molecule has 2 heterocycles. The molecule has 1 N–H and O–H groups in total. The Morgan fingerprint density at radius 2 is 2.00 bits per heavy atom. The molecule has 1 aliphatic carbocycles. The first-order chi connectivity index (χ1) is 11.6. The minimum Gasteiger partial charge on any atom is -0.347 e. The van der Waals surface area contributed by atoms with Gasteiger partial charge >= 0.3 is 0 Å². The Bertz CT molecular complexity index is 641. The Morgan fingerprint density at radius 1 is 1.25 bits per heavy atom. The lowest BCUT2D eigenvalue weighted by atomic mass is 9.93. The van der Waals surface area contributed by atoms with E-state index in [1.54, 1.807) is 24.2 Å². The third-order valence-electron chi connectivity index (χ3n) is 5.14. The average molecular weight is 330 g/mol. The first-order valence-electron chi connectivity index (χ1n) is 8.79. The van der Waals surface area contributed by atoms with E-state index < -0.39 is 0 Å². The number of nitrogens with zero attached hydrogens (tertiary/aromatic N) is 3. The smallest absolute Gasteiger partial charge is 0.244 e. The Labute approximate surface area is 142 Å². The highest BCUT2D eigenvalue weighted by molar-refractivity contribution is 5.89. The zero-order chi connectivity index (χ0) is 17.1. The van der Waals surface area contributed by atoms with Gasteiger partial charge in [0.25, 0.3) is 0 Å². The molecular formula is C18H26N4O2. The zero-order valence-corrected chi connectivity index (χ0v) is 14.5. The first kappa shape index (κ1) is 16.7. The fourth-order valence-corrected chi connectivity index (χ4v) is 3.76. The normalized spacial score (nSPS) is 24.8. The van der Waals surface area contributed by atoms with E-state index in [-0.39, 0.29) is 23.9 Å². The van der Waals surface area contributed by atoms with E-state index in [4.69, 9.17) is 0 Å². The topological polar surface area (TPSA) is 67.2 Å². The SMILES string of the molecule is CN1C(=O)CC[C@@H](NC(=O)C=C2CCCCC2)[C@@H]1c1nccn1C. The maximum Gasteiger partial charge on any atom is 0.244 e. The number of rotatable bonds is 3. The van der Waals surface area contributed by atoms with Crippen molar-refractivity contribution in [3.8, 4) is 0 Å². The third-order valence-corrected chi connectivity index (χ3v) is 5.14. The van der Waals surface area contributed by atoms with Crippen molar-refractivity contribution in [3.05, 3.63) is 29.9 Å². The minimum absolute atomic E-state index is 0.0427. The summed E-state index contributed by atoms with van der Waals surface area (Å²) in [5.74, 6) is 0.860. The van der Waals surface area contributed by atoms with Crippen LogP contribution in [-0.4, -0.2) is 39.4 Å². The van der Waals surface area contributed by atoms with Crippen molar-refractivity contribution in [2.75, 3.05) is 7.05 Å². The lowest BCUT2D eigenvalue weighted by molar-refractivity contribution is -0.137. The van der Waals surface area contributed by atoms with E-state index in [1.807, 2.05) is 17.8 Å². The molecule has 2 atom stereocenters. The summed E-state index contributed by atoms with van der Waals surface area (Å²) in [7, 11) is 3.71. The van der Waals surface area contributed by atoms with Gasteiger partial charge in [-0.05, 0) is 32.1 Å². The van der Waals surface area contributed by atoms with Gasteiger partial charge in [0.15, 0.2) is 0 Å². The van der Waals surface area contributed by atoms with Gasteiger partial charge in [-0.1, -0.05) is 12.0 Å². The lowest BCUT2D eigenvalue weighted by Crippen LogP contribution is -2.51. The number of likely N-dealkylation sites (N-methyl/N-ethyl adjacent to an activating group) is 1. The quantitative estimate of drug-likeness (QED) is 0.863. The summed E-state index contributed by atoms with van der Waals surface area (Å²) >= 11 is 0. The molecule has 2 aliphatic rings. The number of piperidine rings is 1. The number of aryl methyl sites for hydroxylation is 1. The van der Waals surface area contributed by atoms with Crippen molar-refractivity contribution in [2.45, 2.75) is 57.0 Å². The van der Waals surface area contributed by atoms with Gasteiger partial charge in [-0.3, -0.25) is 9.59 Å². The molecule has 0 bridgehead atoms. The van der Waals surface area contributed by atoms with Gasteiger partial charge < -0.3 is 14.8 Å². The molecule has 2 amide bonds. The van der Waals surface area contributed by atoms with Crippen LogP contribution in [0.25, 0.3) is 0 Å². The molecule has 3 rings (SSSR count). The van der Waals surface area contributed by atoms with E-state index in [1.165, 1.54) is 24.8 Å². The van der Waals surface area contributed by atoms with Gasteiger partial charge in [0.1, 0.15) is 11.9 Å². The molecule has 6 heteroatoms. The maximum absolute atomic E-state index is 12.4. The van der Waals surface area contributed by atoms with Crippen molar-refractivity contribution >= 4 is 11.8 Å². The molecule has 1 saturated heterocycles. The molecule has 130 valence electrons. The number of nitrogens with one attached hydrogen (secondary N) is 1. The first-order valence-corrected chi connectivity index (χ1v) is 8.79. The van der Waals surface area contributed by atoms with Crippen LogP contribution in [-0.2, 0) is 16.6 Å². The Morgan fingerprint density at radius 3 is 2.67 bits per heavy atom. The highest BCUT2D eigenvalue weighted by Crippen LogP contribution is 2.30. The standard InChI is InChI=1S/C18H26N4O2/c1-21-11-10-19-18(21)17-14(8-9-16(24)22(17)2)20-15(23)12-13-6-4-3-5-7-13/h10-12,14,17H,3-9H2,1-2H3,(H,20,23)/t14-,17-/m1/s1. The summed E-state index contributed by atoms with van der Waals surface area (Å²) < 4.78 is 1.92. The van der Waals surface area contributed by atoms with Crippen molar-refractivity contribution in [3.63, 3.8) is 0 Å². The number of amides is 2. The molecule has 1 aromatic heterocycles. The number of allylic oxidation sites excluding steroid dienone is 1. The summed E-state index contributed by atoms with van der Waals surface area (Å²) in [6.07, 6.45) is 12.1. The van der Waals surface area contributed by atoms with Crippen molar-refractivity contribution in [1.82, 2.24) is 19.8 Å². The van der Waals surface area contributed by atoms with Crippen LogP contribution in [0.5, 0.6) is 0 Å². The number of carbonyl (C=O) groups is 2. The molecule has 0 unspecified atom stereocenters. The molecule has 6 nitrogen and oxygen atoms in total.